The lowest BCUT2D eigenvalue weighted by Crippen LogP contribution is -2.26. The Balaban J connectivity index is 2.42. The molecule has 0 amide bonds. The summed E-state index contributed by atoms with van der Waals surface area (Å²) in [5.41, 5.74) is 0.436. The van der Waals surface area contributed by atoms with Gasteiger partial charge in [-0.15, -0.1) is 0 Å². The number of sulfonamides is 1. The SMILES string of the molecule is CN(c1ccc(O)cc1)S(=O)(=O)c1ccnc(Cl)c1. The fourth-order valence-corrected chi connectivity index (χ4v) is 2.95. The van der Waals surface area contributed by atoms with E-state index >= 15 is 0 Å². The molecule has 7 heteroatoms. The van der Waals surface area contributed by atoms with Crippen molar-refractivity contribution >= 4 is 27.3 Å². The smallest absolute Gasteiger partial charge is 0.264 e. The van der Waals surface area contributed by atoms with Crippen LogP contribution in [0.3, 0.4) is 0 Å². The second kappa shape index (κ2) is 5.07. The molecule has 0 atom stereocenters. The van der Waals surface area contributed by atoms with Gasteiger partial charge in [0.05, 0.1) is 10.6 Å². The first kappa shape index (κ1) is 13.6. The maximum Gasteiger partial charge on any atom is 0.264 e. The van der Waals surface area contributed by atoms with Gasteiger partial charge in [-0.3, -0.25) is 4.31 Å². The van der Waals surface area contributed by atoms with Crippen LogP contribution in [0.1, 0.15) is 0 Å². The first-order chi connectivity index (χ1) is 8.91. The molecular weight excluding hydrogens is 288 g/mol. The van der Waals surface area contributed by atoms with Crippen LogP contribution in [0.4, 0.5) is 5.69 Å². The second-order valence-electron chi connectivity index (χ2n) is 3.80. The maximum atomic E-state index is 12.3. The van der Waals surface area contributed by atoms with Crippen molar-refractivity contribution < 1.29 is 13.5 Å². The van der Waals surface area contributed by atoms with Crippen molar-refractivity contribution in [2.75, 3.05) is 11.4 Å². The molecule has 0 fully saturated rings. The van der Waals surface area contributed by atoms with Crippen molar-refractivity contribution in [1.82, 2.24) is 4.98 Å². The largest absolute Gasteiger partial charge is 0.508 e. The minimum absolute atomic E-state index is 0.0584. The lowest BCUT2D eigenvalue weighted by Gasteiger charge is -2.19. The topological polar surface area (TPSA) is 70.5 Å². The first-order valence-electron chi connectivity index (χ1n) is 5.31. The fraction of sp³-hybridized carbons (Fsp3) is 0.0833. The minimum atomic E-state index is -3.70. The van der Waals surface area contributed by atoms with Crippen LogP contribution in [0.25, 0.3) is 0 Å². The quantitative estimate of drug-likeness (QED) is 0.883. The molecule has 1 aromatic carbocycles. The van der Waals surface area contributed by atoms with Crippen LogP contribution < -0.4 is 4.31 Å². The summed E-state index contributed by atoms with van der Waals surface area (Å²) in [4.78, 5) is 3.80. The summed E-state index contributed by atoms with van der Waals surface area (Å²) < 4.78 is 25.8. The van der Waals surface area contributed by atoms with E-state index in [9.17, 15) is 13.5 Å². The number of hydrogen-bond acceptors (Lipinski definition) is 4. The number of anilines is 1. The molecule has 1 aromatic heterocycles. The van der Waals surface area contributed by atoms with E-state index in [-0.39, 0.29) is 15.8 Å². The second-order valence-corrected chi connectivity index (χ2v) is 6.16. The van der Waals surface area contributed by atoms with Crippen molar-refractivity contribution in [3.8, 4) is 5.75 Å². The van der Waals surface area contributed by atoms with Crippen LogP contribution in [0.2, 0.25) is 5.15 Å². The van der Waals surface area contributed by atoms with Crippen LogP contribution >= 0.6 is 11.6 Å². The number of phenolic OH excluding ortho intramolecular Hbond substituents is 1. The van der Waals surface area contributed by atoms with Crippen molar-refractivity contribution in [2.24, 2.45) is 0 Å². The zero-order valence-corrected chi connectivity index (χ0v) is 11.6. The maximum absolute atomic E-state index is 12.3. The normalized spacial score (nSPS) is 11.3. The lowest BCUT2D eigenvalue weighted by atomic mass is 10.3. The van der Waals surface area contributed by atoms with E-state index in [0.717, 1.165) is 4.31 Å². The Morgan fingerprint density at radius 1 is 1.21 bits per heavy atom. The Kier molecular flexibility index (Phi) is 3.64. The van der Waals surface area contributed by atoms with E-state index in [4.69, 9.17) is 11.6 Å². The van der Waals surface area contributed by atoms with Gasteiger partial charge in [-0.2, -0.15) is 0 Å². The number of pyridine rings is 1. The highest BCUT2D eigenvalue weighted by Crippen LogP contribution is 2.24. The molecule has 1 N–H and O–H groups in total. The number of benzene rings is 1. The van der Waals surface area contributed by atoms with Crippen molar-refractivity contribution in [1.29, 1.82) is 0 Å². The predicted molar refractivity (Wildman–Crippen MR) is 72.9 cm³/mol. The number of nitrogens with zero attached hydrogens (tertiary/aromatic N) is 2. The number of aromatic nitrogens is 1. The van der Waals surface area contributed by atoms with E-state index in [1.54, 1.807) is 0 Å². The zero-order chi connectivity index (χ0) is 14.0. The zero-order valence-electron chi connectivity index (χ0n) is 9.99. The average Bonchev–Trinajstić information content (AvgIpc) is 2.39. The van der Waals surface area contributed by atoms with Gasteiger partial charge in [0.2, 0.25) is 0 Å². The lowest BCUT2D eigenvalue weighted by molar-refractivity contribution is 0.475. The number of phenols is 1. The van der Waals surface area contributed by atoms with Crippen molar-refractivity contribution in [3.05, 3.63) is 47.7 Å². The van der Waals surface area contributed by atoms with Crippen molar-refractivity contribution in [2.45, 2.75) is 4.90 Å². The molecule has 2 rings (SSSR count). The van der Waals surface area contributed by atoms with Gasteiger partial charge in [0.1, 0.15) is 10.9 Å². The van der Waals surface area contributed by atoms with E-state index in [2.05, 4.69) is 4.98 Å². The molecule has 0 unspecified atom stereocenters. The molecule has 0 saturated heterocycles. The molecule has 2 aromatic rings. The van der Waals surface area contributed by atoms with Gasteiger partial charge < -0.3 is 5.11 Å². The van der Waals surface area contributed by atoms with Gasteiger partial charge >= 0.3 is 0 Å². The van der Waals surface area contributed by atoms with E-state index in [1.165, 1.54) is 49.6 Å². The van der Waals surface area contributed by atoms with Gasteiger partial charge in [-0.1, -0.05) is 11.6 Å². The van der Waals surface area contributed by atoms with Crippen LogP contribution in [0.5, 0.6) is 5.75 Å². The molecule has 100 valence electrons. The number of halogens is 1. The molecule has 0 aliphatic carbocycles. The minimum Gasteiger partial charge on any atom is -0.508 e. The molecule has 5 nitrogen and oxygen atoms in total. The van der Waals surface area contributed by atoms with Crippen molar-refractivity contribution in [3.63, 3.8) is 0 Å². The molecule has 1 heterocycles. The van der Waals surface area contributed by atoms with E-state index in [1.807, 2.05) is 0 Å². The Labute approximate surface area is 116 Å². The molecule has 19 heavy (non-hydrogen) atoms. The standard InChI is InChI=1S/C12H11ClN2O3S/c1-15(9-2-4-10(16)5-3-9)19(17,18)11-6-7-14-12(13)8-11/h2-8,16H,1H3. The Morgan fingerprint density at radius 2 is 1.84 bits per heavy atom. The summed E-state index contributed by atoms with van der Waals surface area (Å²) in [6.45, 7) is 0. The predicted octanol–water partition coefficient (Wildman–Crippen LogP) is 2.27. The van der Waals surface area contributed by atoms with Crippen LogP contribution in [-0.2, 0) is 10.0 Å². The molecule has 0 aliphatic rings. The summed E-state index contributed by atoms with van der Waals surface area (Å²) in [6, 6.07) is 8.51. The third-order valence-electron chi connectivity index (χ3n) is 2.57. The van der Waals surface area contributed by atoms with Gasteiger partial charge in [-0.25, -0.2) is 13.4 Å². The van der Waals surface area contributed by atoms with Crippen LogP contribution in [-0.4, -0.2) is 25.6 Å². The first-order valence-corrected chi connectivity index (χ1v) is 7.12. The summed E-state index contributed by atoms with van der Waals surface area (Å²) in [7, 11) is -2.27. The van der Waals surface area contributed by atoms with E-state index in [0.29, 0.717) is 5.69 Å². The highest BCUT2D eigenvalue weighted by Gasteiger charge is 2.21. The molecule has 0 spiro atoms. The van der Waals surface area contributed by atoms with Crippen LogP contribution in [0.15, 0.2) is 47.5 Å². The Hall–Kier alpha value is -1.79. The van der Waals surface area contributed by atoms with E-state index < -0.39 is 10.0 Å². The summed E-state index contributed by atoms with van der Waals surface area (Å²) in [5.74, 6) is 0.0708. The van der Waals surface area contributed by atoms with Gasteiger partial charge in [0.15, 0.2) is 0 Å². The highest BCUT2D eigenvalue weighted by molar-refractivity contribution is 7.92. The van der Waals surface area contributed by atoms with Gasteiger partial charge in [-0.05, 0) is 36.4 Å². The molecular formula is C12H11ClN2O3S. The Bertz CT molecular complexity index is 686. The monoisotopic (exact) mass is 298 g/mol. The third kappa shape index (κ3) is 2.80. The summed E-state index contributed by atoms with van der Waals surface area (Å²) >= 11 is 5.70. The number of rotatable bonds is 3. The van der Waals surface area contributed by atoms with Crippen LogP contribution in [0, 0.1) is 0 Å². The third-order valence-corrected chi connectivity index (χ3v) is 4.56. The fourth-order valence-electron chi connectivity index (χ4n) is 1.50. The average molecular weight is 299 g/mol. The highest BCUT2D eigenvalue weighted by atomic mass is 35.5. The Morgan fingerprint density at radius 3 is 2.42 bits per heavy atom. The van der Waals surface area contributed by atoms with Gasteiger partial charge in [0, 0.05) is 13.2 Å². The molecule has 0 radical (unpaired) electrons. The summed E-state index contributed by atoms with van der Waals surface area (Å²) in [6.07, 6.45) is 1.33. The summed E-state index contributed by atoms with van der Waals surface area (Å²) in [5, 5.41) is 9.31. The molecule has 0 bridgehead atoms. The number of hydrogen-bond donors (Lipinski definition) is 1. The number of aromatic hydroxyl groups is 1. The van der Waals surface area contributed by atoms with Gasteiger partial charge in [0.25, 0.3) is 10.0 Å². The molecule has 0 aliphatic heterocycles. The molecule has 0 saturated carbocycles.